The highest BCUT2D eigenvalue weighted by Crippen LogP contribution is 1.95. The van der Waals surface area contributed by atoms with Gasteiger partial charge in [0.25, 0.3) is 0 Å². The molecule has 2 N–H and O–H groups in total. The minimum Gasteiger partial charge on any atom is -0.481 e. The van der Waals surface area contributed by atoms with Crippen LogP contribution in [0.25, 0.3) is 0 Å². The summed E-state index contributed by atoms with van der Waals surface area (Å²) in [5.41, 5.74) is 0. The molecule has 1 aromatic heterocycles. The van der Waals surface area contributed by atoms with Gasteiger partial charge in [0.2, 0.25) is 5.89 Å². The number of hydrogen-bond donors (Lipinski definition) is 2. The van der Waals surface area contributed by atoms with Gasteiger partial charge in [0.05, 0.1) is 13.0 Å². The zero-order valence-electron chi connectivity index (χ0n) is 9.63. The average Bonchev–Trinajstić information content (AvgIpc) is 2.68. The summed E-state index contributed by atoms with van der Waals surface area (Å²) in [7, 11) is 1.51. The molecular formula is C9H14N4O4. The molecule has 0 atom stereocenters. The predicted octanol–water partition coefficient (Wildman–Crippen LogP) is -0.00588. The summed E-state index contributed by atoms with van der Waals surface area (Å²) in [4.78, 5) is 27.0. The molecule has 0 saturated heterocycles. The van der Waals surface area contributed by atoms with Crippen molar-refractivity contribution in [3.05, 3.63) is 11.7 Å². The number of amides is 2. The van der Waals surface area contributed by atoms with Crippen LogP contribution in [0.1, 0.15) is 18.1 Å². The third kappa shape index (κ3) is 4.49. The summed E-state index contributed by atoms with van der Waals surface area (Å²) in [5, 5.41) is 14.6. The molecule has 0 aliphatic heterocycles. The second kappa shape index (κ2) is 5.83. The van der Waals surface area contributed by atoms with E-state index in [1.165, 1.54) is 11.9 Å². The van der Waals surface area contributed by atoms with Crippen LogP contribution in [0.2, 0.25) is 0 Å². The number of carboxylic acid groups (broad SMARTS) is 1. The maximum Gasteiger partial charge on any atom is 0.317 e. The highest BCUT2D eigenvalue weighted by atomic mass is 16.5. The number of carbonyl (C=O) groups excluding carboxylic acids is 1. The first-order chi connectivity index (χ1) is 7.99. The van der Waals surface area contributed by atoms with E-state index in [4.69, 9.17) is 9.63 Å². The Morgan fingerprint density at radius 1 is 1.53 bits per heavy atom. The fourth-order valence-electron chi connectivity index (χ4n) is 1.07. The Morgan fingerprint density at radius 2 is 2.24 bits per heavy atom. The fraction of sp³-hybridized carbons (Fsp3) is 0.556. The van der Waals surface area contributed by atoms with E-state index in [1.54, 1.807) is 6.92 Å². The van der Waals surface area contributed by atoms with Crippen LogP contribution in [0.4, 0.5) is 4.79 Å². The Kier molecular flexibility index (Phi) is 4.44. The van der Waals surface area contributed by atoms with Gasteiger partial charge in [-0.05, 0) is 0 Å². The van der Waals surface area contributed by atoms with Crippen LogP contribution >= 0.6 is 0 Å². The smallest absolute Gasteiger partial charge is 0.317 e. The van der Waals surface area contributed by atoms with E-state index in [0.29, 0.717) is 11.7 Å². The van der Waals surface area contributed by atoms with Crippen molar-refractivity contribution < 1.29 is 19.2 Å². The van der Waals surface area contributed by atoms with Gasteiger partial charge in [-0.3, -0.25) is 4.79 Å². The van der Waals surface area contributed by atoms with Crippen LogP contribution < -0.4 is 5.32 Å². The third-order valence-electron chi connectivity index (χ3n) is 1.98. The van der Waals surface area contributed by atoms with Crippen molar-refractivity contribution in [1.29, 1.82) is 0 Å². The van der Waals surface area contributed by atoms with Gasteiger partial charge in [0.15, 0.2) is 5.82 Å². The number of nitrogens with one attached hydrogen (secondary N) is 1. The number of aliphatic carboxylic acids is 1. The van der Waals surface area contributed by atoms with Crippen molar-refractivity contribution in [1.82, 2.24) is 20.4 Å². The maximum atomic E-state index is 11.5. The van der Waals surface area contributed by atoms with Crippen molar-refractivity contribution in [2.45, 2.75) is 19.9 Å². The molecule has 1 rings (SSSR count). The number of carboxylic acids is 1. The normalized spacial score (nSPS) is 10.0. The second-order valence-electron chi connectivity index (χ2n) is 3.45. The lowest BCUT2D eigenvalue weighted by atomic mass is 10.4. The first-order valence-electron chi connectivity index (χ1n) is 4.99. The molecule has 0 unspecified atom stereocenters. The van der Waals surface area contributed by atoms with Crippen molar-refractivity contribution >= 4 is 12.0 Å². The van der Waals surface area contributed by atoms with Crippen molar-refractivity contribution in [3.8, 4) is 0 Å². The minimum absolute atomic E-state index is 0.0920. The molecule has 17 heavy (non-hydrogen) atoms. The number of nitrogens with zero attached hydrogens (tertiary/aromatic N) is 3. The van der Waals surface area contributed by atoms with Crippen molar-refractivity contribution in [2.24, 2.45) is 0 Å². The summed E-state index contributed by atoms with van der Waals surface area (Å²) in [5.74, 6) is -0.144. The topological polar surface area (TPSA) is 109 Å². The lowest BCUT2D eigenvalue weighted by Crippen LogP contribution is -2.38. The predicted molar refractivity (Wildman–Crippen MR) is 56.2 cm³/mol. The Bertz CT molecular complexity index is 403. The van der Waals surface area contributed by atoms with Crippen LogP contribution in [0, 0.1) is 6.92 Å². The molecule has 2 amide bonds. The first kappa shape index (κ1) is 12.9. The Hall–Kier alpha value is -2.12. The number of aromatic nitrogens is 2. The van der Waals surface area contributed by atoms with Gasteiger partial charge in [-0.1, -0.05) is 5.16 Å². The molecule has 0 bridgehead atoms. The summed E-state index contributed by atoms with van der Waals surface area (Å²) in [6.07, 6.45) is -0.0920. The molecule has 8 heteroatoms. The van der Waals surface area contributed by atoms with Crippen LogP contribution in [-0.4, -0.2) is 45.7 Å². The Morgan fingerprint density at radius 3 is 2.76 bits per heavy atom. The van der Waals surface area contributed by atoms with E-state index in [0.717, 1.165) is 0 Å². The van der Waals surface area contributed by atoms with E-state index in [1.807, 2.05) is 0 Å². The van der Waals surface area contributed by atoms with Gasteiger partial charge in [0, 0.05) is 20.5 Å². The van der Waals surface area contributed by atoms with E-state index in [9.17, 15) is 9.59 Å². The molecule has 0 saturated carbocycles. The molecule has 8 nitrogen and oxygen atoms in total. The summed E-state index contributed by atoms with van der Waals surface area (Å²) >= 11 is 0. The summed E-state index contributed by atoms with van der Waals surface area (Å²) in [6, 6.07) is -0.381. The molecule has 0 spiro atoms. The molecule has 0 aliphatic carbocycles. The van der Waals surface area contributed by atoms with E-state index < -0.39 is 5.97 Å². The fourth-order valence-corrected chi connectivity index (χ4v) is 1.07. The molecule has 0 aliphatic rings. The summed E-state index contributed by atoms with van der Waals surface area (Å²) in [6.45, 7) is 1.94. The van der Waals surface area contributed by atoms with Gasteiger partial charge >= 0.3 is 12.0 Å². The van der Waals surface area contributed by atoms with E-state index >= 15 is 0 Å². The van der Waals surface area contributed by atoms with Gasteiger partial charge in [-0.25, -0.2) is 4.79 Å². The van der Waals surface area contributed by atoms with Crippen molar-refractivity contribution in [3.63, 3.8) is 0 Å². The average molecular weight is 242 g/mol. The van der Waals surface area contributed by atoms with E-state index in [-0.39, 0.29) is 25.5 Å². The lowest BCUT2D eigenvalue weighted by molar-refractivity contribution is -0.137. The maximum absolute atomic E-state index is 11.5. The van der Waals surface area contributed by atoms with Crippen LogP contribution in [-0.2, 0) is 11.3 Å². The van der Waals surface area contributed by atoms with Crippen LogP contribution in [0.5, 0.6) is 0 Å². The van der Waals surface area contributed by atoms with Gasteiger partial charge < -0.3 is 19.8 Å². The molecule has 0 aromatic carbocycles. The lowest BCUT2D eigenvalue weighted by Gasteiger charge is -2.15. The molecule has 0 fully saturated rings. The second-order valence-corrected chi connectivity index (χ2v) is 3.45. The zero-order valence-corrected chi connectivity index (χ0v) is 9.63. The summed E-state index contributed by atoms with van der Waals surface area (Å²) < 4.78 is 4.73. The number of hydrogen-bond acceptors (Lipinski definition) is 5. The van der Waals surface area contributed by atoms with Gasteiger partial charge in [-0.2, -0.15) is 4.98 Å². The minimum atomic E-state index is -0.946. The molecular weight excluding hydrogens is 228 g/mol. The van der Waals surface area contributed by atoms with Gasteiger partial charge in [-0.15, -0.1) is 0 Å². The highest BCUT2D eigenvalue weighted by molar-refractivity contribution is 5.74. The Labute approximate surface area is 97.6 Å². The largest absolute Gasteiger partial charge is 0.481 e. The third-order valence-corrected chi connectivity index (χ3v) is 1.98. The van der Waals surface area contributed by atoms with Crippen LogP contribution in [0.15, 0.2) is 4.52 Å². The van der Waals surface area contributed by atoms with E-state index in [2.05, 4.69) is 15.5 Å². The Balaban J connectivity index is 2.31. The van der Waals surface area contributed by atoms with Gasteiger partial charge in [0.1, 0.15) is 0 Å². The molecule has 0 radical (unpaired) electrons. The molecule has 94 valence electrons. The standard InChI is InChI=1S/C9H14N4O4/c1-6-11-7(12-17-6)5-10-9(16)13(2)4-3-8(14)15/h3-5H2,1-2H3,(H,10,16)(H,14,15). The highest BCUT2D eigenvalue weighted by Gasteiger charge is 2.11. The number of urea groups is 1. The monoisotopic (exact) mass is 242 g/mol. The molecule has 1 heterocycles. The quantitative estimate of drug-likeness (QED) is 0.751. The number of carbonyl (C=O) groups is 2. The van der Waals surface area contributed by atoms with Crippen molar-refractivity contribution in [2.75, 3.05) is 13.6 Å². The zero-order chi connectivity index (χ0) is 12.8. The SMILES string of the molecule is Cc1nc(CNC(=O)N(C)CCC(=O)O)no1. The number of aryl methyl sites for hydroxylation is 1. The van der Waals surface area contributed by atoms with Crippen LogP contribution in [0.3, 0.4) is 0 Å². The number of rotatable bonds is 5. The molecule has 1 aromatic rings. The first-order valence-corrected chi connectivity index (χ1v) is 4.99.